The number of carbonyl (C=O) groups is 1. The van der Waals surface area contributed by atoms with Crippen LogP contribution in [0.25, 0.3) is 0 Å². The number of anilines is 1. The van der Waals surface area contributed by atoms with Gasteiger partial charge in [-0.05, 0) is 30.3 Å². The quantitative estimate of drug-likeness (QED) is 0.878. The first kappa shape index (κ1) is 18.9. The largest absolute Gasteiger partial charge is 0.416 e. The molecule has 9 heteroatoms. The molecule has 0 spiro atoms. The SMILES string of the molecule is CN(CC(=O)Nc1cccc(C(F)(F)F)c1)S(=O)(=O)c1ccccc1. The second-order valence-corrected chi connectivity index (χ2v) is 7.25. The summed E-state index contributed by atoms with van der Waals surface area (Å²) in [6.07, 6.45) is -4.53. The second kappa shape index (κ2) is 7.24. The predicted molar refractivity (Wildman–Crippen MR) is 86.3 cm³/mol. The number of carbonyl (C=O) groups excluding carboxylic acids is 1. The summed E-state index contributed by atoms with van der Waals surface area (Å²) in [6.45, 7) is -0.534. The van der Waals surface area contributed by atoms with Gasteiger partial charge in [0.15, 0.2) is 0 Å². The van der Waals surface area contributed by atoms with E-state index in [1.807, 2.05) is 0 Å². The number of hydrogen-bond acceptors (Lipinski definition) is 3. The fourth-order valence-corrected chi connectivity index (χ4v) is 3.18. The van der Waals surface area contributed by atoms with Crippen LogP contribution in [-0.4, -0.2) is 32.2 Å². The summed E-state index contributed by atoms with van der Waals surface area (Å²) >= 11 is 0. The van der Waals surface area contributed by atoms with Crippen LogP contribution in [-0.2, 0) is 21.0 Å². The van der Waals surface area contributed by atoms with Crippen molar-refractivity contribution in [3.05, 3.63) is 60.2 Å². The highest BCUT2D eigenvalue weighted by atomic mass is 32.2. The standard InChI is InChI=1S/C16H15F3N2O3S/c1-21(25(23,24)14-8-3-2-4-9-14)11-15(22)20-13-7-5-6-12(10-13)16(17,18)19/h2-10H,11H2,1H3,(H,20,22). The van der Waals surface area contributed by atoms with Gasteiger partial charge in [0, 0.05) is 12.7 Å². The van der Waals surface area contributed by atoms with Crippen molar-refractivity contribution in [2.45, 2.75) is 11.1 Å². The highest BCUT2D eigenvalue weighted by molar-refractivity contribution is 7.89. The molecule has 2 aromatic carbocycles. The maximum atomic E-state index is 12.7. The molecule has 0 atom stereocenters. The summed E-state index contributed by atoms with van der Waals surface area (Å²) in [4.78, 5) is 12.0. The third kappa shape index (κ3) is 4.80. The smallest absolute Gasteiger partial charge is 0.325 e. The normalized spacial score (nSPS) is 12.2. The van der Waals surface area contributed by atoms with Gasteiger partial charge in [0.05, 0.1) is 17.0 Å². The molecule has 1 N–H and O–H groups in total. The van der Waals surface area contributed by atoms with Gasteiger partial charge in [-0.3, -0.25) is 4.79 Å². The number of rotatable bonds is 5. The van der Waals surface area contributed by atoms with E-state index in [1.54, 1.807) is 18.2 Å². The van der Waals surface area contributed by atoms with Gasteiger partial charge in [0.1, 0.15) is 0 Å². The summed E-state index contributed by atoms with van der Waals surface area (Å²) in [5.41, 5.74) is -0.971. The summed E-state index contributed by atoms with van der Waals surface area (Å²) in [7, 11) is -2.65. The third-order valence-electron chi connectivity index (χ3n) is 3.29. The van der Waals surface area contributed by atoms with E-state index in [0.717, 1.165) is 22.5 Å². The predicted octanol–water partition coefficient (Wildman–Crippen LogP) is 2.96. The van der Waals surface area contributed by atoms with Crippen molar-refractivity contribution < 1.29 is 26.4 Å². The molecule has 0 saturated carbocycles. The Balaban J connectivity index is 2.08. The zero-order valence-corrected chi connectivity index (χ0v) is 13.9. The van der Waals surface area contributed by atoms with Crippen LogP contribution in [0.3, 0.4) is 0 Å². The lowest BCUT2D eigenvalue weighted by molar-refractivity contribution is -0.137. The van der Waals surface area contributed by atoms with Gasteiger partial charge in [-0.2, -0.15) is 17.5 Å². The molecule has 0 aliphatic carbocycles. The van der Waals surface area contributed by atoms with Crippen molar-refractivity contribution >= 4 is 21.6 Å². The zero-order valence-electron chi connectivity index (χ0n) is 13.1. The van der Waals surface area contributed by atoms with Gasteiger partial charge >= 0.3 is 6.18 Å². The van der Waals surface area contributed by atoms with Gasteiger partial charge in [-0.15, -0.1) is 0 Å². The Hall–Kier alpha value is -2.39. The molecular weight excluding hydrogens is 357 g/mol. The Labute approximate surface area is 143 Å². The number of likely N-dealkylation sites (N-methyl/N-ethyl adjacent to an activating group) is 1. The molecule has 5 nitrogen and oxygen atoms in total. The van der Waals surface area contributed by atoms with E-state index in [-0.39, 0.29) is 10.6 Å². The Morgan fingerprint density at radius 1 is 1.08 bits per heavy atom. The van der Waals surface area contributed by atoms with Crippen LogP contribution < -0.4 is 5.32 Å². The van der Waals surface area contributed by atoms with Gasteiger partial charge in [0.25, 0.3) is 0 Å². The van der Waals surface area contributed by atoms with E-state index in [4.69, 9.17) is 0 Å². The molecule has 0 saturated heterocycles. The molecule has 2 aromatic rings. The lowest BCUT2D eigenvalue weighted by Crippen LogP contribution is -2.35. The van der Waals surface area contributed by atoms with Crippen molar-refractivity contribution in [1.82, 2.24) is 4.31 Å². The van der Waals surface area contributed by atoms with Crippen LogP contribution in [0.2, 0.25) is 0 Å². The number of alkyl halides is 3. The number of nitrogens with zero attached hydrogens (tertiary/aromatic N) is 1. The first-order valence-electron chi connectivity index (χ1n) is 7.09. The Morgan fingerprint density at radius 2 is 1.72 bits per heavy atom. The first-order chi connectivity index (χ1) is 11.6. The Bertz CT molecular complexity index is 852. The highest BCUT2D eigenvalue weighted by Gasteiger charge is 2.30. The summed E-state index contributed by atoms with van der Waals surface area (Å²) < 4.78 is 63.4. The van der Waals surface area contributed by atoms with Gasteiger partial charge in [-0.1, -0.05) is 24.3 Å². The summed E-state index contributed by atoms with van der Waals surface area (Å²) in [6, 6.07) is 11.6. The van der Waals surface area contributed by atoms with Gasteiger partial charge in [-0.25, -0.2) is 8.42 Å². The fourth-order valence-electron chi connectivity index (χ4n) is 2.03. The third-order valence-corrected chi connectivity index (χ3v) is 5.11. The van der Waals surface area contributed by atoms with Crippen molar-refractivity contribution in [2.75, 3.05) is 18.9 Å². The minimum absolute atomic E-state index is 0.0179. The van der Waals surface area contributed by atoms with Crippen LogP contribution in [0, 0.1) is 0 Å². The fraction of sp³-hybridized carbons (Fsp3) is 0.188. The molecule has 0 unspecified atom stereocenters. The first-order valence-corrected chi connectivity index (χ1v) is 8.53. The van der Waals surface area contributed by atoms with Crippen LogP contribution in [0.15, 0.2) is 59.5 Å². The number of benzene rings is 2. The number of amides is 1. The van der Waals surface area contributed by atoms with Crippen molar-refractivity contribution in [2.24, 2.45) is 0 Å². The zero-order chi connectivity index (χ0) is 18.7. The average molecular weight is 372 g/mol. The Morgan fingerprint density at radius 3 is 2.32 bits per heavy atom. The van der Waals surface area contributed by atoms with E-state index in [0.29, 0.717) is 0 Å². The van der Waals surface area contributed by atoms with Crippen molar-refractivity contribution in [3.63, 3.8) is 0 Å². The van der Waals surface area contributed by atoms with Crippen molar-refractivity contribution in [1.29, 1.82) is 0 Å². The molecule has 0 aliphatic heterocycles. The molecule has 2 rings (SSSR count). The van der Waals surface area contributed by atoms with Gasteiger partial charge < -0.3 is 5.32 Å². The molecule has 0 aromatic heterocycles. The Kier molecular flexibility index (Phi) is 5.48. The lowest BCUT2D eigenvalue weighted by Gasteiger charge is -2.17. The van der Waals surface area contributed by atoms with Crippen LogP contribution in [0.4, 0.5) is 18.9 Å². The van der Waals surface area contributed by atoms with Crippen LogP contribution >= 0.6 is 0 Å². The van der Waals surface area contributed by atoms with E-state index >= 15 is 0 Å². The molecule has 0 heterocycles. The maximum absolute atomic E-state index is 12.7. The molecular formula is C16H15F3N2O3S. The lowest BCUT2D eigenvalue weighted by atomic mass is 10.2. The van der Waals surface area contributed by atoms with Crippen LogP contribution in [0.5, 0.6) is 0 Å². The summed E-state index contributed by atoms with van der Waals surface area (Å²) in [5.74, 6) is -0.749. The van der Waals surface area contributed by atoms with E-state index in [2.05, 4.69) is 5.32 Å². The molecule has 1 amide bonds. The summed E-state index contributed by atoms with van der Waals surface area (Å²) in [5, 5.41) is 2.26. The molecule has 0 aliphatic rings. The molecule has 0 radical (unpaired) electrons. The van der Waals surface area contributed by atoms with Gasteiger partial charge in [0.2, 0.25) is 15.9 Å². The van der Waals surface area contributed by atoms with E-state index in [1.165, 1.54) is 25.2 Å². The average Bonchev–Trinajstić information content (AvgIpc) is 2.55. The number of hydrogen-bond donors (Lipinski definition) is 1. The molecule has 134 valence electrons. The molecule has 0 bridgehead atoms. The monoisotopic (exact) mass is 372 g/mol. The molecule has 25 heavy (non-hydrogen) atoms. The number of nitrogens with one attached hydrogen (secondary N) is 1. The minimum Gasteiger partial charge on any atom is -0.325 e. The number of halogens is 3. The highest BCUT2D eigenvalue weighted by Crippen LogP contribution is 2.30. The number of sulfonamides is 1. The van der Waals surface area contributed by atoms with E-state index < -0.39 is 34.2 Å². The second-order valence-electron chi connectivity index (χ2n) is 5.20. The molecule has 0 fully saturated rings. The topological polar surface area (TPSA) is 66.5 Å². The van der Waals surface area contributed by atoms with Crippen molar-refractivity contribution in [3.8, 4) is 0 Å². The maximum Gasteiger partial charge on any atom is 0.416 e. The van der Waals surface area contributed by atoms with E-state index in [9.17, 15) is 26.4 Å². The minimum atomic E-state index is -4.53. The van der Waals surface area contributed by atoms with Crippen LogP contribution in [0.1, 0.15) is 5.56 Å².